The van der Waals surface area contributed by atoms with Crippen LogP contribution in [0.25, 0.3) is 0 Å². The first-order chi connectivity index (χ1) is 11.4. The quantitative estimate of drug-likeness (QED) is 0.826. The maximum Gasteiger partial charge on any atom is 0.229 e. The highest BCUT2D eigenvalue weighted by Crippen LogP contribution is 2.18. The molecule has 0 saturated heterocycles. The number of ether oxygens (including phenoxy) is 1. The van der Waals surface area contributed by atoms with Gasteiger partial charge in [0.2, 0.25) is 11.9 Å². The third-order valence-corrected chi connectivity index (χ3v) is 3.63. The fraction of sp³-hybridized carbons (Fsp3) is 0.438. The van der Waals surface area contributed by atoms with Crippen LogP contribution in [0.1, 0.15) is 18.8 Å². The topological polar surface area (TPSA) is 80.4 Å². The molecule has 0 unspecified atom stereocenters. The standard InChI is InChI=1S/C16H23FN6O/c1-11(14-19-15(18)21-16(20-14)22(2)3)23(4)9-10-24-13-8-6-5-7-12(13)17/h5-8,11H,9-10H2,1-4H3,(H2,18,19,20,21)/t11-/m0/s1. The van der Waals surface area contributed by atoms with Crippen LogP contribution in [0.2, 0.25) is 0 Å². The van der Waals surface area contributed by atoms with Gasteiger partial charge in [-0.05, 0) is 26.1 Å². The summed E-state index contributed by atoms with van der Waals surface area (Å²) in [5.74, 6) is 1.17. The second-order valence-electron chi connectivity index (χ2n) is 5.68. The highest BCUT2D eigenvalue weighted by atomic mass is 19.1. The zero-order chi connectivity index (χ0) is 17.7. The van der Waals surface area contributed by atoms with E-state index in [0.29, 0.717) is 24.9 Å². The normalized spacial score (nSPS) is 12.2. The minimum Gasteiger partial charge on any atom is -0.489 e. The maximum absolute atomic E-state index is 13.5. The number of nitrogen functional groups attached to an aromatic ring is 1. The molecule has 0 aliphatic rings. The highest BCUT2D eigenvalue weighted by molar-refractivity contribution is 5.33. The Hall–Kier alpha value is -2.48. The average Bonchev–Trinajstić information content (AvgIpc) is 2.55. The Balaban J connectivity index is 1.97. The number of nitrogens with zero attached hydrogens (tertiary/aromatic N) is 5. The van der Waals surface area contributed by atoms with E-state index in [1.807, 2.05) is 33.0 Å². The third kappa shape index (κ3) is 4.51. The molecule has 2 N–H and O–H groups in total. The number of anilines is 2. The molecule has 2 rings (SSSR count). The van der Waals surface area contributed by atoms with Crippen molar-refractivity contribution < 1.29 is 9.13 Å². The van der Waals surface area contributed by atoms with Crippen LogP contribution in [0.3, 0.4) is 0 Å². The molecule has 0 saturated carbocycles. The monoisotopic (exact) mass is 334 g/mol. The first kappa shape index (κ1) is 17.9. The summed E-state index contributed by atoms with van der Waals surface area (Å²) in [4.78, 5) is 16.5. The van der Waals surface area contributed by atoms with Gasteiger partial charge in [0.25, 0.3) is 0 Å². The Kier molecular flexibility index (Phi) is 5.86. The van der Waals surface area contributed by atoms with Crippen LogP contribution < -0.4 is 15.4 Å². The number of aromatic nitrogens is 3. The van der Waals surface area contributed by atoms with Gasteiger partial charge in [0.1, 0.15) is 6.61 Å². The van der Waals surface area contributed by atoms with Crippen molar-refractivity contribution in [3.05, 3.63) is 35.9 Å². The molecule has 8 heteroatoms. The van der Waals surface area contributed by atoms with Crippen LogP contribution in [-0.4, -0.2) is 54.1 Å². The Labute approximate surface area is 141 Å². The number of likely N-dealkylation sites (N-methyl/N-ethyl adjacent to an activating group) is 1. The van der Waals surface area contributed by atoms with Crippen LogP contribution in [0, 0.1) is 5.82 Å². The minimum absolute atomic E-state index is 0.0850. The predicted octanol–water partition coefficient (Wildman–Crippen LogP) is 1.73. The summed E-state index contributed by atoms with van der Waals surface area (Å²) in [6, 6.07) is 6.26. The summed E-state index contributed by atoms with van der Waals surface area (Å²) in [5.41, 5.74) is 5.75. The number of para-hydroxylation sites is 1. The van der Waals surface area contributed by atoms with Crippen LogP contribution in [0.5, 0.6) is 5.75 Å². The molecule has 0 aliphatic heterocycles. The summed E-state index contributed by atoms with van der Waals surface area (Å²) < 4.78 is 19.0. The molecule has 0 fully saturated rings. The van der Waals surface area contributed by atoms with E-state index in [1.165, 1.54) is 6.07 Å². The van der Waals surface area contributed by atoms with E-state index in [-0.39, 0.29) is 23.6 Å². The summed E-state index contributed by atoms with van der Waals surface area (Å²) in [6.45, 7) is 2.90. The van der Waals surface area contributed by atoms with E-state index in [4.69, 9.17) is 10.5 Å². The van der Waals surface area contributed by atoms with E-state index in [9.17, 15) is 4.39 Å². The SMILES string of the molecule is C[C@@H](c1nc(N)nc(N(C)C)n1)N(C)CCOc1ccccc1F. The summed E-state index contributed by atoms with van der Waals surface area (Å²) in [5, 5.41) is 0. The van der Waals surface area contributed by atoms with Gasteiger partial charge in [-0.15, -0.1) is 0 Å². The molecule has 0 bridgehead atoms. The second kappa shape index (κ2) is 7.87. The van der Waals surface area contributed by atoms with Crippen molar-refractivity contribution in [1.82, 2.24) is 19.9 Å². The fourth-order valence-corrected chi connectivity index (χ4v) is 2.04. The molecule has 1 aromatic heterocycles. The van der Waals surface area contributed by atoms with Gasteiger partial charge in [-0.2, -0.15) is 15.0 Å². The first-order valence-corrected chi connectivity index (χ1v) is 7.65. The van der Waals surface area contributed by atoms with Gasteiger partial charge in [0.15, 0.2) is 17.4 Å². The molecular weight excluding hydrogens is 311 g/mol. The highest BCUT2D eigenvalue weighted by Gasteiger charge is 2.17. The van der Waals surface area contributed by atoms with Crippen LogP contribution >= 0.6 is 0 Å². The molecule has 1 heterocycles. The lowest BCUT2D eigenvalue weighted by atomic mass is 10.3. The van der Waals surface area contributed by atoms with Gasteiger partial charge in [-0.3, -0.25) is 4.90 Å². The third-order valence-electron chi connectivity index (χ3n) is 3.63. The molecule has 0 spiro atoms. The molecule has 1 atom stereocenters. The average molecular weight is 334 g/mol. The van der Waals surface area contributed by atoms with Crippen LogP contribution in [0.15, 0.2) is 24.3 Å². The van der Waals surface area contributed by atoms with E-state index < -0.39 is 0 Å². The molecule has 0 amide bonds. The van der Waals surface area contributed by atoms with Gasteiger partial charge >= 0.3 is 0 Å². The van der Waals surface area contributed by atoms with E-state index >= 15 is 0 Å². The van der Waals surface area contributed by atoms with Gasteiger partial charge in [0.05, 0.1) is 6.04 Å². The lowest BCUT2D eigenvalue weighted by Crippen LogP contribution is -2.29. The van der Waals surface area contributed by atoms with Gasteiger partial charge in [-0.1, -0.05) is 12.1 Å². The van der Waals surface area contributed by atoms with Gasteiger partial charge in [-0.25, -0.2) is 4.39 Å². The first-order valence-electron chi connectivity index (χ1n) is 7.65. The Morgan fingerprint density at radius 1 is 1.17 bits per heavy atom. The molecule has 7 nitrogen and oxygen atoms in total. The number of hydrogen-bond acceptors (Lipinski definition) is 7. The lowest BCUT2D eigenvalue weighted by molar-refractivity contribution is 0.192. The van der Waals surface area contributed by atoms with Crippen molar-refractivity contribution in [3.63, 3.8) is 0 Å². The van der Waals surface area contributed by atoms with Crippen LogP contribution in [0.4, 0.5) is 16.3 Å². The van der Waals surface area contributed by atoms with Crippen molar-refractivity contribution in [2.45, 2.75) is 13.0 Å². The molecule has 24 heavy (non-hydrogen) atoms. The molecule has 0 aliphatic carbocycles. The van der Waals surface area contributed by atoms with E-state index in [0.717, 1.165) is 0 Å². The molecular formula is C16H23FN6O. The predicted molar refractivity (Wildman–Crippen MR) is 91.5 cm³/mol. The summed E-state index contributed by atoms with van der Waals surface area (Å²) in [6.07, 6.45) is 0. The summed E-state index contributed by atoms with van der Waals surface area (Å²) in [7, 11) is 5.61. The van der Waals surface area contributed by atoms with Crippen molar-refractivity contribution in [1.29, 1.82) is 0 Å². The molecule has 1 aromatic carbocycles. The smallest absolute Gasteiger partial charge is 0.229 e. The van der Waals surface area contributed by atoms with Crippen molar-refractivity contribution in [3.8, 4) is 5.75 Å². The fourth-order valence-electron chi connectivity index (χ4n) is 2.04. The van der Waals surface area contributed by atoms with Crippen LogP contribution in [-0.2, 0) is 0 Å². The Morgan fingerprint density at radius 2 is 1.88 bits per heavy atom. The Morgan fingerprint density at radius 3 is 2.54 bits per heavy atom. The van der Waals surface area contributed by atoms with Crippen molar-refractivity contribution >= 4 is 11.9 Å². The molecule has 0 radical (unpaired) electrons. The maximum atomic E-state index is 13.5. The number of halogens is 1. The zero-order valence-corrected chi connectivity index (χ0v) is 14.4. The summed E-state index contributed by atoms with van der Waals surface area (Å²) >= 11 is 0. The second-order valence-corrected chi connectivity index (χ2v) is 5.68. The number of nitrogens with two attached hydrogens (primary N) is 1. The van der Waals surface area contributed by atoms with Gasteiger partial charge in [0, 0.05) is 20.6 Å². The Bertz CT molecular complexity index is 681. The zero-order valence-electron chi connectivity index (χ0n) is 14.4. The van der Waals surface area contributed by atoms with Crippen molar-refractivity contribution in [2.75, 3.05) is 44.9 Å². The molecule has 2 aromatic rings. The van der Waals surface area contributed by atoms with E-state index in [1.54, 1.807) is 23.1 Å². The largest absolute Gasteiger partial charge is 0.489 e. The van der Waals surface area contributed by atoms with E-state index in [2.05, 4.69) is 15.0 Å². The van der Waals surface area contributed by atoms with Gasteiger partial charge < -0.3 is 15.4 Å². The number of rotatable bonds is 7. The molecule has 130 valence electrons. The number of hydrogen-bond donors (Lipinski definition) is 1. The lowest BCUT2D eigenvalue weighted by Gasteiger charge is -2.24. The number of benzene rings is 1. The van der Waals surface area contributed by atoms with Crippen molar-refractivity contribution in [2.24, 2.45) is 0 Å². The minimum atomic E-state index is -0.367.